The van der Waals surface area contributed by atoms with Crippen LogP contribution in [0.25, 0.3) is 10.8 Å². The molecule has 0 unspecified atom stereocenters. The Morgan fingerprint density at radius 3 is 2.67 bits per heavy atom. The molecule has 3 aromatic carbocycles. The van der Waals surface area contributed by atoms with Gasteiger partial charge in [-0.15, -0.1) is 0 Å². The maximum Gasteiger partial charge on any atom is 0.205 e. The van der Waals surface area contributed by atoms with E-state index >= 15 is 0 Å². The van der Waals surface area contributed by atoms with Crippen LogP contribution in [0.3, 0.4) is 0 Å². The summed E-state index contributed by atoms with van der Waals surface area (Å²) in [5, 5.41) is 11.9. The maximum absolute atomic E-state index is 9.69. The summed E-state index contributed by atoms with van der Waals surface area (Å²) in [5.41, 5.74) is 9.72. The first-order chi connectivity index (χ1) is 11.7. The van der Waals surface area contributed by atoms with Crippen LogP contribution in [0.4, 0.5) is 0 Å². The fourth-order valence-electron chi connectivity index (χ4n) is 3.43. The smallest absolute Gasteiger partial charge is 0.205 e. The molecule has 0 radical (unpaired) electrons. The summed E-state index contributed by atoms with van der Waals surface area (Å²) < 4.78 is 5.76. The SMILES string of the molecule is Cc1cccc([C@@H]2C(C#N)=C(N)Oc3ccc4ccccc4c32)c1. The van der Waals surface area contributed by atoms with Gasteiger partial charge in [-0.25, -0.2) is 0 Å². The van der Waals surface area contributed by atoms with E-state index in [4.69, 9.17) is 10.5 Å². The van der Waals surface area contributed by atoms with Crippen molar-refractivity contribution in [2.24, 2.45) is 5.73 Å². The molecule has 1 atom stereocenters. The normalized spacial score (nSPS) is 16.4. The molecule has 0 fully saturated rings. The summed E-state index contributed by atoms with van der Waals surface area (Å²) in [4.78, 5) is 0. The van der Waals surface area contributed by atoms with Crippen molar-refractivity contribution in [1.82, 2.24) is 0 Å². The van der Waals surface area contributed by atoms with E-state index in [9.17, 15) is 5.26 Å². The minimum absolute atomic E-state index is 0.187. The molecule has 4 rings (SSSR count). The molecule has 3 nitrogen and oxygen atoms in total. The van der Waals surface area contributed by atoms with Crippen molar-refractivity contribution in [3.8, 4) is 11.8 Å². The van der Waals surface area contributed by atoms with E-state index in [0.717, 1.165) is 33.2 Å². The number of allylic oxidation sites excluding steroid dienone is 1. The summed E-state index contributed by atoms with van der Waals surface area (Å²) in [5.74, 6) is 0.688. The van der Waals surface area contributed by atoms with Crippen molar-refractivity contribution in [2.75, 3.05) is 0 Å². The maximum atomic E-state index is 9.69. The summed E-state index contributed by atoms with van der Waals surface area (Å²) in [6, 6.07) is 22.6. The Morgan fingerprint density at radius 1 is 1.04 bits per heavy atom. The molecular formula is C21H16N2O. The second-order valence-electron chi connectivity index (χ2n) is 6.04. The molecule has 0 saturated heterocycles. The largest absolute Gasteiger partial charge is 0.440 e. The van der Waals surface area contributed by atoms with Crippen molar-refractivity contribution >= 4 is 10.8 Å². The van der Waals surface area contributed by atoms with Gasteiger partial charge in [-0.3, -0.25) is 0 Å². The highest BCUT2D eigenvalue weighted by Crippen LogP contribution is 2.45. The highest BCUT2D eigenvalue weighted by molar-refractivity contribution is 5.90. The third-order valence-corrected chi connectivity index (χ3v) is 4.49. The lowest BCUT2D eigenvalue weighted by Crippen LogP contribution is -2.21. The third-order valence-electron chi connectivity index (χ3n) is 4.49. The van der Waals surface area contributed by atoms with Gasteiger partial charge in [0, 0.05) is 5.56 Å². The van der Waals surface area contributed by atoms with Gasteiger partial charge in [0.15, 0.2) is 0 Å². The Hall–Kier alpha value is -3.25. The summed E-state index contributed by atoms with van der Waals surface area (Å²) in [6.45, 7) is 2.05. The number of aryl methyl sites for hydroxylation is 1. The van der Waals surface area contributed by atoms with E-state index in [1.807, 2.05) is 49.4 Å². The number of nitrogens with zero attached hydrogens (tertiary/aromatic N) is 1. The van der Waals surface area contributed by atoms with Gasteiger partial charge in [0.05, 0.1) is 5.92 Å². The molecule has 0 amide bonds. The minimum Gasteiger partial charge on any atom is -0.440 e. The third kappa shape index (κ3) is 2.12. The number of hydrogen-bond acceptors (Lipinski definition) is 3. The molecule has 2 N–H and O–H groups in total. The summed E-state index contributed by atoms with van der Waals surface area (Å²) in [7, 11) is 0. The number of ether oxygens (including phenoxy) is 1. The molecule has 0 spiro atoms. The fraction of sp³-hybridized carbons (Fsp3) is 0.0952. The zero-order valence-corrected chi connectivity index (χ0v) is 13.3. The first-order valence-corrected chi connectivity index (χ1v) is 7.85. The van der Waals surface area contributed by atoms with Gasteiger partial charge in [0.25, 0.3) is 0 Å². The number of rotatable bonds is 1. The lowest BCUT2D eigenvalue weighted by molar-refractivity contribution is 0.395. The van der Waals surface area contributed by atoms with Gasteiger partial charge in [0.1, 0.15) is 17.4 Å². The average Bonchev–Trinajstić information content (AvgIpc) is 2.60. The zero-order valence-electron chi connectivity index (χ0n) is 13.3. The molecule has 3 heteroatoms. The molecule has 116 valence electrons. The van der Waals surface area contributed by atoms with Crippen LogP contribution in [0.15, 0.2) is 72.1 Å². The van der Waals surface area contributed by atoms with Gasteiger partial charge < -0.3 is 10.5 Å². The van der Waals surface area contributed by atoms with Crippen LogP contribution in [-0.4, -0.2) is 0 Å². The van der Waals surface area contributed by atoms with Gasteiger partial charge in [-0.05, 0) is 29.3 Å². The van der Waals surface area contributed by atoms with Crippen molar-refractivity contribution < 1.29 is 4.74 Å². The van der Waals surface area contributed by atoms with Gasteiger partial charge in [-0.1, -0.05) is 60.2 Å². The van der Waals surface area contributed by atoms with Crippen LogP contribution in [-0.2, 0) is 0 Å². The fourth-order valence-corrected chi connectivity index (χ4v) is 3.43. The molecule has 1 aliphatic rings. The molecule has 1 heterocycles. The van der Waals surface area contributed by atoms with Crippen LogP contribution < -0.4 is 10.5 Å². The molecule has 0 aliphatic carbocycles. The highest BCUT2D eigenvalue weighted by atomic mass is 16.5. The van der Waals surface area contributed by atoms with Crippen LogP contribution in [0, 0.1) is 18.3 Å². The Morgan fingerprint density at radius 2 is 1.88 bits per heavy atom. The monoisotopic (exact) mass is 312 g/mol. The molecule has 24 heavy (non-hydrogen) atoms. The molecule has 0 aromatic heterocycles. The van der Waals surface area contributed by atoms with Crippen molar-refractivity contribution in [3.05, 3.63) is 88.8 Å². The topological polar surface area (TPSA) is 59.0 Å². The molecule has 3 aromatic rings. The van der Waals surface area contributed by atoms with E-state index in [1.165, 1.54) is 0 Å². The second-order valence-corrected chi connectivity index (χ2v) is 6.04. The van der Waals surface area contributed by atoms with Crippen LogP contribution >= 0.6 is 0 Å². The molecule has 0 bridgehead atoms. The summed E-state index contributed by atoms with van der Waals surface area (Å²) in [6.07, 6.45) is 0. The average molecular weight is 312 g/mol. The van der Waals surface area contributed by atoms with Crippen molar-refractivity contribution in [3.63, 3.8) is 0 Å². The molecular weight excluding hydrogens is 296 g/mol. The van der Waals surface area contributed by atoms with Crippen LogP contribution in [0.2, 0.25) is 0 Å². The number of nitriles is 1. The van der Waals surface area contributed by atoms with E-state index < -0.39 is 0 Å². The summed E-state index contributed by atoms with van der Waals surface area (Å²) >= 11 is 0. The predicted octanol–water partition coefficient (Wildman–Crippen LogP) is 4.37. The minimum atomic E-state index is -0.218. The Kier molecular flexibility index (Phi) is 3.25. The van der Waals surface area contributed by atoms with Gasteiger partial charge in [-0.2, -0.15) is 5.26 Å². The highest BCUT2D eigenvalue weighted by Gasteiger charge is 2.32. The first-order valence-electron chi connectivity index (χ1n) is 7.85. The zero-order chi connectivity index (χ0) is 16.7. The van der Waals surface area contributed by atoms with E-state index in [2.05, 4.69) is 24.3 Å². The van der Waals surface area contributed by atoms with E-state index in [1.54, 1.807) is 0 Å². The predicted molar refractivity (Wildman–Crippen MR) is 94.4 cm³/mol. The lowest BCUT2D eigenvalue weighted by Gasteiger charge is -2.28. The second kappa shape index (κ2) is 5.43. The quantitative estimate of drug-likeness (QED) is 0.726. The van der Waals surface area contributed by atoms with Crippen molar-refractivity contribution in [1.29, 1.82) is 5.26 Å². The first kappa shape index (κ1) is 14.3. The molecule has 0 saturated carbocycles. The number of fused-ring (bicyclic) bond motifs is 3. The van der Waals surface area contributed by atoms with Crippen molar-refractivity contribution in [2.45, 2.75) is 12.8 Å². The standard InChI is InChI=1S/C21H16N2O/c1-13-5-4-7-15(11-13)19-17(12-22)21(23)24-18-10-9-14-6-2-3-8-16(14)20(18)19/h2-11,19H,23H2,1H3/t19-/m1/s1. The van der Waals surface area contributed by atoms with Crippen LogP contribution in [0.5, 0.6) is 5.75 Å². The Balaban J connectivity index is 2.07. The number of hydrogen-bond donors (Lipinski definition) is 1. The van der Waals surface area contributed by atoms with E-state index in [-0.39, 0.29) is 11.8 Å². The number of nitrogens with two attached hydrogens (primary N) is 1. The van der Waals surface area contributed by atoms with Gasteiger partial charge >= 0.3 is 0 Å². The Bertz CT molecular complexity index is 1030. The van der Waals surface area contributed by atoms with E-state index in [0.29, 0.717) is 5.57 Å². The van der Waals surface area contributed by atoms with Gasteiger partial charge in [0.2, 0.25) is 5.88 Å². The van der Waals surface area contributed by atoms with Crippen LogP contribution in [0.1, 0.15) is 22.6 Å². The lowest BCUT2D eigenvalue weighted by atomic mass is 9.81. The molecule has 1 aliphatic heterocycles. The number of benzene rings is 3. The Labute approximate surface area is 140 Å².